The first-order valence-corrected chi connectivity index (χ1v) is 6.84. The molecule has 0 bridgehead atoms. The van der Waals surface area contributed by atoms with Gasteiger partial charge in [0.25, 0.3) is 26.7 Å². The zero-order valence-electron chi connectivity index (χ0n) is 7.69. The monoisotopic (exact) mass is 262 g/mol. The lowest BCUT2D eigenvalue weighted by atomic mass is 10.5. The van der Waals surface area contributed by atoms with Crippen molar-refractivity contribution in [2.45, 2.75) is 19.6 Å². The molecule has 8 nitrogen and oxygen atoms in total. The van der Waals surface area contributed by atoms with Gasteiger partial charge in [0, 0.05) is 6.42 Å². The Hall–Kier alpha value is -0.710. The minimum absolute atomic E-state index is 0.0173. The van der Waals surface area contributed by atoms with Crippen molar-refractivity contribution in [1.29, 1.82) is 0 Å². The molecule has 1 atom stereocenters. The lowest BCUT2D eigenvalue weighted by molar-refractivity contribution is -0.147. The summed E-state index contributed by atoms with van der Waals surface area (Å²) in [5, 5.41) is -1.58. The van der Waals surface area contributed by atoms with E-state index in [0.717, 1.165) is 0 Å². The number of hydrogen-bond acceptors (Lipinski definition) is 7. The second kappa shape index (κ2) is 5.39. The van der Waals surface area contributed by atoms with Gasteiger partial charge in [-0.3, -0.25) is 9.35 Å². The molecule has 0 saturated heterocycles. The van der Waals surface area contributed by atoms with Crippen molar-refractivity contribution in [1.82, 2.24) is 0 Å². The highest BCUT2D eigenvalue weighted by Gasteiger charge is 2.25. The van der Waals surface area contributed by atoms with Crippen molar-refractivity contribution in [3.8, 4) is 0 Å². The van der Waals surface area contributed by atoms with Gasteiger partial charge in [-0.1, -0.05) is 6.92 Å². The number of ether oxygens (including phenoxy) is 1. The molecule has 0 saturated carbocycles. The van der Waals surface area contributed by atoms with E-state index in [2.05, 4.69) is 8.92 Å². The molecule has 15 heavy (non-hydrogen) atoms. The average Bonchev–Trinajstić information content (AvgIpc) is 1.98. The minimum Gasteiger partial charge on any atom is -0.437 e. The van der Waals surface area contributed by atoms with E-state index in [9.17, 15) is 21.6 Å². The first kappa shape index (κ1) is 14.3. The van der Waals surface area contributed by atoms with Crippen molar-refractivity contribution in [2.24, 2.45) is 0 Å². The van der Waals surface area contributed by atoms with Crippen molar-refractivity contribution in [3.63, 3.8) is 0 Å². The molecule has 0 rings (SSSR count). The fourth-order valence-corrected chi connectivity index (χ4v) is 2.81. The van der Waals surface area contributed by atoms with E-state index in [1.807, 2.05) is 0 Å². The summed E-state index contributed by atoms with van der Waals surface area (Å²) in [6, 6.07) is 0. The topological polar surface area (TPSA) is 124 Å². The zero-order chi connectivity index (χ0) is 12.1. The smallest absolute Gasteiger partial charge is 0.295 e. The molecule has 0 heterocycles. The maximum atomic E-state index is 10.9. The van der Waals surface area contributed by atoms with Crippen LogP contribution < -0.4 is 0 Å². The Morgan fingerprint density at radius 1 is 1.33 bits per heavy atom. The van der Waals surface area contributed by atoms with Gasteiger partial charge >= 0.3 is 0 Å². The first-order valence-electron chi connectivity index (χ1n) is 3.65. The molecular formula is C5H10O8S2. The highest BCUT2D eigenvalue weighted by molar-refractivity contribution is 8.03. The summed E-state index contributed by atoms with van der Waals surface area (Å²) >= 11 is 0. The normalized spacial score (nSPS) is 14.5. The summed E-state index contributed by atoms with van der Waals surface area (Å²) in [6.45, 7) is 1.42. The standard InChI is InChI=1S/C5H10O8S2/c1-2-5(12-3-6)13-15(10,11)4-14(7,8)9/h3,5H,2,4H2,1H3,(H,7,8,9). The highest BCUT2D eigenvalue weighted by atomic mass is 32.3. The van der Waals surface area contributed by atoms with Gasteiger partial charge in [0.15, 0.2) is 0 Å². The van der Waals surface area contributed by atoms with Crippen LogP contribution in [0, 0.1) is 0 Å². The van der Waals surface area contributed by atoms with Gasteiger partial charge in [-0.25, -0.2) is 4.18 Å². The minimum atomic E-state index is -4.71. The molecule has 0 radical (unpaired) electrons. The van der Waals surface area contributed by atoms with Crippen LogP contribution in [-0.2, 0) is 34.0 Å². The molecule has 10 heteroatoms. The molecule has 90 valence electrons. The quantitative estimate of drug-likeness (QED) is 0.270. The number of carbonyl (C=O) groups excluding carboxylic acids is 1. The molecule has 0 aromatic rings. The summed E-state index contributed by atoms with van der Waals surface area (Å²) < 4.78 is 59.0. The van der Waals surface area contributed by atoms with Gasteiger partial charge in [-0.05, 0) is 0 Å². The zero-order valence-corrected chi connectivity index (χ0v) is 9.32. The predicted octanol–water partition coefficient (Wildman–Crippen LogP) is -0.913. The van der Waals surface area contributed by atoms with E-state index in [1.165, 1.54) is 6.92 Å². The van der Waals surface area contributed by atoms with Gasteiger partial charge in [0.05, 0.1) is 0 Å². The number of rotatable bonds is 7. The van der Waals surface area contributed by atoms with E-state index in [-0.39, 0.29) is 12.9 Å². The van der Waals surface area contributed by atoms with Gasteiger partial charge in [-0.15, -0.1) is 0 Å². The van der Waals surface area contributed by atoms with Crippen LogP contribution in [0.5, 0.6) is 0 Å². The van der Waals surface area contributed by atoms with Crippen LogP contribution in [0.1, 0.15) is 13.3 Å². The van der Waals surface area contributed by atoms with Crippen molar-refractivity contribution in [2.75, 3.05) is 5.08 Å². The first-order chi connectivity index (χ1) is 6.70. The molecule has 1 N–H and O–H groups in total. The summed E-state index contributed by atoms with van der Waals surface area (Å²) in [7, 11) is -9.20. The van der Waals surface area contributed by atoms with Crippen LogP contribution in [0.15, 0.2) is 0 Å². The fraction of sp³-hybridized carbons (Fsp3) is 0.800. The summed E-state index contributed by atoms with van der Waals surface area (Å²) in [5.41, 5.74) is 0. The third-order valence-electron chi connectivity index (χ3n) is 1.09. The van der Waals surface area contributed by atoms with Crippen LogP contribution in [0.25, 0.3) is 0 Å². The maximum Gasteiger partial charge on any atom is 0.295 e. The molecule has 0 aliphatic rings. The number of hydrogen-bond donors (Lipinski definition) is 1. The van der Waals surface area contributed by atoms with E-state index >= 15 is 0 Å². The molecule has 1 unspecified atom stereocenters. The van der Waals surface area contributed by atoms with Gasteiger partial charge in [0.1, 0.15) is 0 Å². The Morgan fingerprint density at radius 2 is 1.87 bits per heavy atom. The lowest BCUT2D eigenvalue weighted by Gasteiger charge is -2.12. The molecule has 0 spiro atoms. The predicted molar refractivity (Wildman–Crippen MR) is 47.6 cm³/mol. The van der Waals surface area contributed by atoms with Gasteiger partial charge < -0.3 is 4.74 Å². The van der Waals surface area contributed by atoms with E-state index in [4.69, 9.17) is 4.55 Å². The molecule has 0 amide bonds. The van der Waals surface area contributed by atoms with Crippen LogP contribution in [0.3, 0.4) is 0 Å². The Balaban J connectivity index is 4.56. The largest absolute Gasteiger partial charge is 0.437 e. The summed E-state index contributed by atoms with van der Waals surface area (Å²) in [6.07, 6.45) is -1.38. The molecular weight excluding hydrogens is 252 g/mol. The van der Waals surface area contributed by atoms with Gasteiger partial charge in [-0.2, -0.15) is 16.8 Å². The maximum absolute atomic E-state index is 10.9. The van der Waals surface area contributed by atoms with Crippen molar-refractivity contribution in [3.05, 3.63) is 0 Å². The second-order valence-electron chi connectivity index (χ2n) is 2.42. The van der Waals surface area contributed by atoms with E-state index < -0.39 is 31.6 Å². The third-order valence-corrected chi connectivity index (χ3v) is 3.94. The number of carbonyl (C=O) groups is 1. The van der Waals surface area contributed by atoms with E-state index in [0.29, 0.717) is 0 Å². The average molecular weight is 262 g/mol. The Labute approximate surface area is 87.1 Å². The molecule has 0 aromatic heterocycles. The Morgan fingerprint density at radius 3 is 2.20 bits per heavy atom. The van der Waals surface area contributed by atoms with E-state index in [1.54, 1.807) is 0 Å². The van der Waals surface area contributed by atoms with Gasteiger partial charge in [0.2, 0.25) is 11.4 Å². The summed E-state index contributed by atoms with van der Waals surface area (Å²) in [5.74, 6) is 0. The SMILES string of the molecule is CCC(OC=O)OS(=O)(=O)CS(=O)(=O)O. The van der Waals surface area contributed by atoms with Crippen LogP contribution in [-0.4, -0.2) is 39.2 Å². The van der Waals surface area contributed by atoms with Crippen LogP contribution in [0.4, 0.5) is 0 Å². The van der Waals surface area contributed by atoms with Crippen molar-refractivity contribution < 1.29 is 35.1 Å². The third kappa shape index (κ3) is 7.25. The van der Waals surface area contributed by atoms with Crippen LogP contribution >= 0.6 is 0 Å². The fourth-order valence-electron chi connectivity index (χ4n) is 0.623. The molecule has 0 aromatic carbocycles. The Kier molecular flexibility index (Phi) is 5.14. The van der Waals surface area contributed by atoms with Crippen LogP contribution in [0.2, 0.25) is 0 Å². The lowest BCUT2D eigenvalue weighted by Crippen LogP contribution is -2.25. The highest BCUT2D eigenvalue weighted by Crippen LogP contribution is 2.06. The van der Waals surface area contributed by atoms with Crippen molar-refractivity contribution >= 4 is 26.7 Å². The molecule has 0 aliphatic carbocycles. The molecule has 0 fully saturated rings. The Bertz CT molecular complexity index is 393. The second-order valence-corrected chi connectivity index (χ2v) is 5.84. The molecule has 0 aliphatic heterocycles. The summed E-state index contributed by atoms with van der Waals surface area (Å²) in [4.78, 5) is 9.88.